The summed E-state index contributed by atoms with van der Waals surface area (Å²) in [4.78, 5) is 16.1. The van der Waals surface area contributed by atoms with Crippen LogP contribution in [0.3, 0.4) is 0 Å². The van der Waals surface area contributed by atoms with Gasteiger partial charge in [0.2, 0.25) is 5.91 Å². The van der Waals surface area contributed by atoms with Gasteiger partial charge in [0.05, 0.1) is 12.5 Å². The molecule has 1 amide bonds. The van der Waals surface area contributed by atoms with Gasteiger partial charge in [-0.15, -0.1) is 0 Å². The summed E-state index contributed by atoms with van der Waals surface area (Å²) in [5.41, 5.74) is 1.95. The lowest BCUT2D eigenvalue weighted by Gasteiger charge is -2.14. The number of nitrogens with one attached hydrogen (secondary N) is 2. The van der Waals surface area contributed by atoms with Crippen molar-refractivity contribution in [1.29, 1.82) is 0 Å². The zero-order valence-electron chi connectivity index (χ0n) is 12.0. The molecule has 2 heterocycles. The first-order valence-corrected chi connectivity index (χ1v) is 7.15. The van der Waals surface area contributed by atoms with Crippen molar-refractivity contribution in [1.82, 2.24) is 20.1 Å². The van der Waals surface area contributed by atoms with Crippen molar-refractivity contribution in [3.63, 3.8) is 0 Å². The minimum Gasteiger partial charge on any atom is -0.326 e. The molecule has 110 valence electrons. The van der Waals surface area contributed by atoms with Crippen LogP contribution >= 0.6 is 0 Å². The zero-order valence-corrected chi connectivity index (χ0v) is 12.0. The van der Waals surface area contributed by atoms with Crippen LogP contribution in [0.5, 0.6) is 0 Å². The van der Waals surface area contributed by atoms with Crippen LogP contribution in [0.1, 0.15) is 12.5 Å². The van der Waals surface area contributed by atoms with Gasteiger partial charge in [-0.1, -0.05) is 19.1 Å². The van der Waals surface area contributed by atoms with Gasteiger partial charge in [-0.2, -0.15) is 5.10 Å². The van der Waals surface area contributed by atoms with Crippen molar-refractivity contribution in [2.45, 2.75) is 13.5 Å². The van der Waals surface area contributed by atoms with Crippen LogP contribution in [-0.4, -0.2) is 33.8 Å². The Kier molecular flexibility index (Phi) is 3.96. The van der Waals surface area contributed by atoms with Gasteiger partial charge >= 0.3 is 0 Å². The molecule has 0 aliphatic carbocycles. The van der Waals surface area contributed by atoms with Crippen LogP contribution < -0.4 is 10.6 Å². The van der Waals surface area contributed by atoms with Gasteiger partial charge < -0.3 is 10.6 Å². The fourth-order valence-corrected chi connectivity index (χ4v) is 2.59. The number of carbonyl (C=O) groups is 1. The molecule has 0 radical (unpaired) electrons. The fraction of sp³-hybridized carbons (Fsp3) is 0.400. The number of benzene rings is 1. The van der Waals surface area contributed by atoms with Crippen molar-refractivity contribution >= 4 is 11.6 Å². The summed E-state index contributed by atoms with van der Waals surface area (Å²) in [6, 6.07) is 7.84. The summed E-state index contributed by atoms with van der Waals surface area (Å²) in [6.07, 6.45) is 3.20. The van der Waals surface area contributed by atoms with E-state index in [-0.39, 0.29) is 11.8 Å². The third-order valence-electron chi connectivity index (χ3n) is 3.89. The second-order valence-electron chi connectivity index (χ2n) is 5.52. The van der Waals surface area contributed by atoms with Crippen molar-refractivity contribution in [2.75, 3.05) is 18.4 Å². The molecule has 2 N–H and O–H groups in total. The van der Waals surface area contributed by atoms with Crippen LogP contribution in [0.2, 0.25) is 0 Å². The Balaban J connectivity index is 1.60. The summed E-state index contributed by atoms with van der Waals surface area (Å²) < 4.78 is 1.76. The van der Waals surface area contributed by atoms with Crippen molar-refractivity contribution in [3.05, 3.63) is 42.5 Å². The van der Waals surface area contributed by atoms with Crippen molar-refractivity contribution < 1.29 is 4.79 Å². The number of carbonyl (C=O) groups excluding carboxylic acids is 1. The minimum atomic E-state index is 0.0554. The van der Waals surface area contributed by atoms with Gasteiger partial charge in [-0.05, 0) is 30.2 Å². The molecule has 21 heavy (non-hydrogen) atoms. The molecule has 1 aliphatic rings. The van der Waals surface area contributed by atoms with Gasteiger partial charge in [0.15, 0.2) is 0 Å². The first-order valence-electron chi connectivity index (χ1n) is 7.15. The van der Waals surface area contributed by atoms with Gasteiger partial charge in [-0.3, -0.25) is 4.79 Å². The first kappa shape index (κ1) is 13.8. The summed E-state index contributed by atoms with van der Waals surface area (Å²) in [6.45, 7) is 4.45. The molecule has 3 rings (SSSR count). The Morgan fingerprint density at radius 3 is 2.81 bits per heavy atom. The topological polar surface area (TPSA) is 71.8 Å². The highest BCUT2D eigenvalue weighted by atomic mass is 16.1. The number of hydrogen-bond acceptors (Lipinski definition) is 4. The third kappa shape index (κ3) is 3.28. The van der Waals surface area contributed by atoms with E-state index >= 15 is 0 Å². The lowest BCUT2D eigenvalue weighted by molar-refractivity contribution is -0.120. The highest BCUT2D eigenvalue weighted by Gasteiger charge is 2.29. The normalized spacial score (nSPS) is 21.4. The molecule has 0 bridgehead atoms. The average Bonchev–Trinajstić information content (AvgIpc) is 3.12. The Hall–Kier alpha value is -2.21. The third-order valence-corrected chi connectivity index (χ3v) is 3.89. The maximum atomic E-state index is 12.2. The Morgan fingerprint density at radius 1 is 1.38 bits per heavy atom. The SMILES string of the molecule is CC1CNCC1C(=O)Nc1ccc(Cn2cncn2)cc1. The molecular weight excluding hydrogens is 266 g/mol. The smallest absolute Gasteiger partial charge is 0.229 e. The van der Waals surface area contributed by atoms with Crippen LogP contribution in [0, 0.1) is 11.8 Å². The van der Waals surface area contributed by atoms with E-state index in [1.54, 1.807) is 11.0 Å². The molecular formula is C15H19N5O. The second kappa shape index (κ2) is 6.05. The molecule has 1 aliphatic heterocycles. The lowest BCUT2D eigenvalue weighted by Crippen LogP contribution is -2.27. The molecule has 1 aromatic carbocycles. The largest absolute Gasteiger partial charge is 0.326 e. The average molecular weight is 285 g/mol. The van der Waals surface area contributed by atoms with Gasteiger partial charge in [-0.25, -0.2) is 9.67 Å². The quantitative estimate of drug-likeness (QED) is 0.883. The number of aromatic nitrogens is 3. The molecule has 0 saturated carbocycles. The van der Waals surface area contributed by atoms with E-state index in [1.807, 2.05) is 24.3 Å². The highest BCUT2D eigenvalue weighted by molar-refractivity contribution is 5.93. The number of nitrogens with zero attached hydrogens (tertiary/aromatic N) is 3. The summed E-state index contributed by atoms with van der Waals surface area (Å²) >= 11 is 0. The standard InChI is InChI=1S/C15H19N5O/c1-11-6-16-7-14(11)15(21)19-13-4-2-12(3-5-13)8-20-10-17-9-18-20/h2-5,9-11,14,16H,6-8H2,1H3,(H,19,21). The summed E-state index contributed by atoms with van der Waals surface area (Å²) in [5.74, 6) is 0.535. The fourth-order valence-electron chi connectivity index (χ4n) is 2.59. The van der Waals surface area contributed by atoms with Crippen LogP contribution in [-0.2, 0) is 11.3 Å². The zero-order chi connectivity index (χ0) is 14.7. The van der Waals surface area contributed by atoms with E-state index in [2.05, 4.69) is 27.6 Å². The monoisotopic (exact) mass is 285 g/mol. The van der Waals surface area contributed by atoms with E-state index < -0.39 is 0 Å². The number of anilines is 1. The molecule has 1 aromatic heterocycles. The number of amides is 1. The molecule has 2 atom stereocenters. The van der Waals surface area contributed by atoms with Crippen molar-refractivity contribution in [3.8, 4) is 0 Å². The minimum absolute atomic E-state index is 0.0554. The molecule has 1 saturated heterocycles. The Bertz CT molecular complexity index is 593. The van der Waals surface area contributed by atoms with Crippen LogP contribution in [0.25, 0.3) is 0 Å². The molecule has 1 fully saturated rings. The van der Waals surface area contributed by atoms with Gasteiger partial charge in [0.25, 0.3) is 0 Å². The van der Waals surface area contributed by atoms with E-state index in [1.165, 1.54) is 6.33 Å². The van der Waals surface area contributed by atoms with Gasteiger partial charge in [0, 0.05) is 12.2 Å². The van der Waals surface area contributed by atoms with E-state index in [0.717, 1.165) is 24.3 Å². The summed E-state index contributed by atoms with van der Waals surface area (Å²) in [5, 5.41) is 10.3. The Morgan fingerprint density at radius 2 is 2.19 bits per heavy atom. The summed E-state index contributed by atoms with van der Waals surface area (Å²) in [7, 11) is 0. The molecule has 6 nitrogen and oxygen atoms in total. The maximum absolute atomic E-state index is 12.2. The predicted octanol–water partition coefficient (Wildman–Crippen LogP) is 1.12. The first-order chi connectivity index (χ1) is 10.2. The van der Waals surface area contributed by atoms with Crippen LogP contribution in [0.15, 0.2) is 36.9 Å². The molecule has 0 spiro atoms. The Labute approximate surface area is 123 Å². The molecule has 2 unspecified atom stereocenters. The predicted molar refractivity (Wildman–Crippen MR) is 79.7 cm³/mol. The van der Waals surface area contributed by atoms with Gasteiger partial charge in [0.1, 0.15) is 12.7 Å². The van der Waals surface area contributed by atoms with E-state index in [4.69, 9.17) is 0 Å². The number of rotatable bonds is 4. The number of hydrogen-bond donors (Lipinski definition) is 2. The molecule has 6 heteroatoms. The van der Waals surface area contributed by atoms with E-state index in [9.17, 15) is 4.79 Å². The van der Waals surface area contributed by atoms with Crippen molar-refractivity contribution in [2.24, 2.45) is 11.8 Å². The second-order valence-corrected chi connectivity index (χ2v) is 5.52. The van der Waals surface area contributed by atoms with E-state index in [0.29, 0.717) is 12.5 Å². The lowest BCUT2D eigenvalue weighted by atomic mass is 9.97. The molecule has 2 aromatic rings. The maximum Gasteiger partial charge on any atom is 0.229 e. The highest BCUT2D eigenvalue weighted by Crippen LogP contribution is 2.18. The van der Waals surface area contributed by atoms with Crippen LogP contribution in [0.4, 0.5) is 5.69 Å².